The molecule has 0 heterocycles. The van der Waals surface area contributed by atoms with E-state index >= 15 is 0 Å². The molecule has 3 rings (SSSR count). The lowest BCUT2D eigenvalue weighted by atomic mass is 10.00. The van der Waals surface area contributed by atoms with E-state index < -0.39 is 23.8 Å². The smallest absolute Gasteiger partial charge is 0.220 e. The lowest BCUT2D eigenvalue weighted by Crippen LogP contribution is -2.48. The van der Waals surface area contributed by atoms with E-state index in [-0.39, 0.29) is 25.3 Å². The normalized spacial score (nSPS) is 12.8. The summed E-state index contributed by atoms with van der Waals surface area (Å²) in [7, 11) is 0. The van der Waals surface area contributed by atoms with Crippen molar-refractivity contribution in [2.75, 3.05) is 6.54 Å². The van der Waals surface area contributed by atoms with E-state index in [4.69, 9.17) is 23.2 Å². The van der Waals surface area contributed by atoms with Crippen LogP contribution in [0.25, 0.3) is 0 Å². The molecule has 2 atom stereocenters. The maximum Gasteiger partial charge on any atom is 0.220 e. The maximum absolute atomic E-state index is 13.8. The summed E-state index contributed by atoms with van der Waals surface area (Å²) in [6, 6.07) is 16.0. The molecule has 3 N–H and O–H groups in total. The van der Waals surface area contributed by atoms with E-state index in [1.165, 1.54) is 17.7 Å². The molecule has 0 aliphatic heterocycles. The van der Waals surface area contributed by atoms with Gasteiger partial charge >= 0.3 is 0 Å². The van der Waals surface area contributed by atoms with Crippen LogP contribution in [-0.2, 0) is 30.6 Å². The van der Waals surface area contributed by atoms with Gasteiger partial charge in [0.2, 0.25) is 5.91 Å². The summed E-state index contributed by atoms with van der Waals surface area (Å²) in [5.74, 6) is -1.63. The highest BCUT2D eigenvalue weighted by molar-refractivity contribution is 6.35. The molecule has 3 aromatic carbocycles. The van der Waals surface area contributed by atoms with Crippen LogP contribution in [0.15, 0.2) is 60.7 Å². The molecule has 0 aliphatic carbocycles. The van der Waals surface area contributed by atoms with Gasteiger partial charge in [-0.25, -0.2) is 8.78 Å². The zero-order valence-electron chi connectivity index (χ0n) is 21.5. The number of rotatable bonds is 14. The summed E-state index contributed by atoms with van der Waals surface area (Å²) in [5, 5.41) is 18.2. The first kappa shape index (κ1) is 30.0. The van der Waals surface area contributed by atoms with Gasteiger partial charge < -0.3 is 15.7 Å². The van der Waals surface area contributed by atoms with Gasteiger partial charge in [0.05, 0.1) is 12.1 Å². The number of aryl methyl sites for hydroxylation is 2. The molecule has 0 spiro atoms. The molecule has 0 unspecified atom stereocenters. The Morgan fingerprint density at radius 1 is 0.947 bits per heavy atom. The van der Waals surface area contributed by atoms with Crippen LogP contribution in [0.1, 0.15) is 48.4 Å². The summed E-state index contributed by atoms with van der Waals surface area (Å²) >= 11 is 12.2. The van der Waals surface area contributed by atoms with Crippen molar-refractivity contribution in [3.63, 3.8) is 0 Å². The first-order chi connectivity index (χ1) is 18.2. The van der Waals surface area contributed by atoms with E-state index in [0.29, 0.717) is 35.0 Å². The number of amides is 1. The number of hydrogen-bond acceptors (Lipinski definition) is 3. The second-order valence-corrected chi connectivity index (χ2v) is 10.3. The molecule has 0 saturated carbocycles. The molecule has 0 bridgehead atoms. The van der Waals surface area contributed by atoms with E-state index in [1.54, 1.807) is 12.1 Å². The van der Waals surface area contributed by atoms with Gasteiger partial charge in [-0.05, 0) is 78.6 Å². The van der Waals surface area contributed by atoms with Crippen molar-refractivity contribution in [3.05, 3.63) is 105 Å². The molecule has 0 aromatic heterocycles. The average Bonchev–Trinajstić information content (AvgIpc) is 2.86. The van der Waals surface area contributed by atoms with Crippen LogP contribution in [0, 0.1) is 11.6 Å². The zero-order chi connectivity index (χ0) is 27.5. The van der Waals surface area contributed by atoms with Crippen molar-refractivity contribution in [1.29, 1.82) is 0 Å². The number of nitrogens with one attached hydrogen (secondary N) is 2. The quantitative estimate of drug-likeness (QED) is 0.198. The second kappa shape index (κ2) is 15.2. The minimum absolute atomic E-state index is 0.0922. The topological polar surface area (TPSA) is 61.4 Å². The summed E-state index contributed by atoms with van der Waals surface area (Å²) in [5.41, 5.74) is 3.64. The van der Waals surface area contributed by atoms with Crippen molar-refractivity contribution in [3.8, 4) is 0 Å². The lowest BCUT2D eigenvalue weighted by molar-refractivity contribution is -0.122. The number of aliphatic hydroxyl groups excluding tert-OH is 1. The van der Waals surface area contributed by atoms with E-state index in [0.717, 1.165) is 30.0 Å². The summed E-state index contributed by atoms with van der Waals surface area (Å²) in [6.45, 7) is 2.84. The van der Waals surface area contributed by atoms with Gasteiger partial charge in [0.15, 0.2) is 0 Å². The van der Waals surface area contributed by atoms with E-state index in [9.17, 15) is 18.7 Å². The number of carbonyl (C=O) groups is 1. The van der Waals surface area contributed by atoms with Gasteiger partial charge in [-0.15, -0.1) is 0 Å². The van der Waals surface area contributed by atoms with Gasteiger partial charge in [0.1, 0.15) is 11.6 Å². The highest BCUT2D eigenvalue weighted by Crippen LogP contribution is 2.22. The zero-order valence-corrected chi connectivity index (χ0v) is 23.0. The molecular formula is C30H34Cl2F2N2O2. The second-order valence-electron chi connectivity index (χ2n) is 9.47. The summed E-state index contributed by atoms with van der Waals surface area (Å²) in [6.07, 6.45) is 2.39. The van der Waals surface area contributed by atoms with Crippen molar-refractivity contribution < 1.29 is 18.7 Å². The maximum atomic E-state index is 13.8. The highest BCUT2D eigenvalue weighted by Gasteiger charge is 2.22. The number of unbranched alkanes of at least 4 members (excludes halogenated alkanes) is 1. The molecule has 0 radical (unpaired) electrons. The molecule has 38 heavy (non-hydrogen) atoms. The number of halogens is 4. The van der Waals surface area contributed by atoms with Crippen LogP contribution >= 0.6 is 23.2 Å². The third kappa shape index (κ3) is 9.99. The minimum atomic E-state index is -0.965. The van der Waals surface area contributed by atoms with Crippen molar-refractivity contribution >= 4 is 29.1 Å². The van der Waals surface area contributed by atoms with E-state index in [1.807, 2.05) is 18.2 Å². The SMILES string of the molecule is CCc1cccc(CNC[C@@H](O)[C@H](Cc2cc(F)cc(F)c2)NC(=O)CCCCc2ccc(Cl)cc2Cl)c1. The Balaban J connectivity index is 1.56. The number of hydrogen-bond donors (Lipinski definition) is 3. The van der Waals surface area contributed by atoms with Crippen molar-refractivity contribution in [2.45, 2.75) is 64.1 Å². The molecule has 3 aromatic rings. The van der Waals surface area contributed by atoms with E-state index in [2.05, 4.69) is 29.7 Å². The molecule has 0 fully saturated rings. The van der Waals surface area contributed by atoms with Gasteiger partial charge in [0.25, 0.3) is 0 Å². The van der Waals surface area contributed by atoms with Gasteiger partial charge in [0, 0.05) is 35.6 Å². The molecule has 1 amide bonds. The van der Waals surface area contributed by atoms with Crippen LogP contribution < -0.4 is 10.6 Å². The van der Waals surface area contributed by atoms with Gasteiger partial charge in [-0.2, -0.15) is 0 Å². The molecular weight excluding hydrogens is 529 g/mol. The van der Waals surface area contributed by atoms with Crippen molar-refractivity contribution in [1.82, 2.24) is 10.6 Å². The third-order valence-electron chi connectivity index (χ3n) is 6.39. The summed E-state index contributed by atoms with van der Waals surface area (Å²) < 4.78 is 27.5. The fraction of sp³-hybridized carbons (Fsp3) is 0.367. The number of aliphatic hydroxyl groups is 1. The Morgan fingerprint density at radius 2 is 1.68 bits per heavy atom. The first-order valence-electron chi connectivity index (χ1n) is 12.9. The van der Waals surface area contributed by atoms with Crippen LogP contribution in [0.3, 0.4) is 0 Å². The fourth-order valence-corrected chi connectivity index (χ4v) is 4.84. The molecule has 204 valence electrons. The Hall–Kier alpha value is -2.51. The predicted molar refractivity (Wildman–Crippen MR) is 150 cm³/mol. The Morgan fingerprint density at radius 3 is 2.39 bits per heavy atom. The van der Waals surface area contributed by atoms with Crippen LogP contribution in [0.4, 0.5) is 8.78 Å². The van der Waals surface area contributed by atoms with Crippen molar-refractivity contribution in [2.24, 2.45) is 0 Å². The van der Waals surface area contributed by atoms with Gasteiger partial charge in [-0.1, -0.05) is 60.5 Å². The number of carbonyl (C=O) groups excluding carboxylic acids is 1. The Bertz CT molecular complexity index is 1190. The lowest BCUT2D eigenvalue weighted by Gasteiger charge is -2.25. The Labute approximate surface area is 233 Å². The predicted octanol–water partition coefficient (Wildman–Crippen LogP) is 6.43. The monoisotopic (exact) mass is 562 g/mol. The summed E-state index contributed by atoms with van der Waals surface area (Å²) in [4.78, 5) is 12.7. The average molecular weight is 564 g/mol. The Kier molecular flexibility index (Phi) is 12.0. The van der Waals surface area contributed by atoms with Crippen LogP contribution in [0.5, 0.6) is 0 Å². The molecule has 8 heteroatoms. The molecule has 4 nitrogen and oxygen atoms in total. The minimum Gasteiger partial charge on any atom is -0.390 e. The van der Waals surface area contributed by atoms with Gasteiger partial charge in [-0.3, -0.25) is 4.79 Å². The highest BCUT2D eigenvalue weighted by atomic mass is 35.5. The largest absolute Gasteiger partial charge is 0.390 e. The van der Waals surface area contributed by atoms with Crippen LogP contribution in [0.2, 0.25) is 10.0 Å². The number of benzene rings is 3. The first-order valence-corrected chi connectivity index (χ1v) is 13.6. The van der Waals surface area contributed by atoms with Crippen LogP contribution in [-0.4, -0.2) is 29.7 Å². The standard InChI is InChI=1S/C30H34Cl2F2N2O2/c1-2-20-6-5-7-21(12-20)18-35-19-29(37)28(15-22-13-25(33)17-26(34)14-22)36-30(38)9-4-3-8-23-10-11-24(31)16-27(23)32/h5-7,10-14,16-17,28-29,35,37H,2-4,8-9,15,18-19H2,1H3,(H,36,38)/t28-,29+/m0/s1. The molecule has 0 aliphatic rings. The third-order valence-corrected chi connectivity index (χ3v) is 6.97. The molecule has 0 saturated heterocycles. The fourth-order valence-electron chi connectivity index (χ4n) is 4.34.